The molecule has 0 bridgehead atoms. The van der Waals surface area contributed by atoms with Crippen molar-refractivity contribution in [2.75, 3.05) is 88.5 Å². The lowest BCUT2D eigenvalue weighted by molar-refractivity contribution is -0.181. The fraction of sp³-hybridized carbons (Fsp3) is 0.767. The number of carbonyl (C=O) groups excluding carboxylic acids is 8. The molecule has 2 unspecified atom stereocenters. The molecular weight excluding hydrogens is 1070 g/mol. The van der Waals surface area contributed by atoms with Gasteiger partial charge in [0.25, 0.3) is 0 Å². The first kappa shape index (κ1) is 73.8. The van der Waals surface area contributed by atoms with Gasteiger partial charge in [0.1, 0.15) is 18.7 Å². The highest BCUT2D eigenvalue weighted by Gasteiger charge is 2.44. The molecule has 0 aliphatic carbocycles. The number of esters is 1. The molecule has 1 heterocycles. The van der Waals surface area contributed by atoms with Gasteiger partial charge < -0.3 is 69.9 Å². The number of likely N-dealkylation sites (tertiary alicyclic amines) is 1. The van der Waals surface area contributed by atoms with Crippen molar-refractivity contribution in [3.8, 4) is 0 Å². The predicted molar refractivity (Wildman–Crippen MR) is 315 cm³/mol. The molecule has 0 spiro atoms. The van der Waals surface area contributed by atoms with Crippen LogP contribution in [0.25, 0.3) is 0 Å². The Hall–Kier alpha value is -5.30. The van der Waals surface area contributed by atoms with Gasteiger partial charge in [0, 0.05) is 47.9 Å². The molecule has 83 heavy (non-hydrogen) atoms. The molecule has 1 aromatic rings. The monoisotopic (exact) mass is 1180 g/mol. The van der Waals surface area contributed by atoms with E-state index in [2.05, 4.69) is 26.6 Å². The van der Waals surface area contributed by atoms with E-state index in [0.717, 1.165) is 5.56 Å². The number of ketones is 1. The fourth-order valence-corrected chi connectivity index (χ4v) is 10.5. The van der Waals surface area contributed by atoms with Crippen LogP contribution >= 0.6 is 0 Å². The second kappa shape index (κ2) is 38.6. The highest BCUT2D eigenvalue weighted by molar-refractivity contribution is 5.92. The van der Waals surface area contributed by atoms with Crippen LogP contribution < -0.4 is 26.6 Å². The average molecular weight is 1180 g/mol. The lowest BCUT2D eigenvalue weighted by atomic mass is 9.89. The Morgan fingerprint density at radius 3 is 1.99 bits per heavy atom. The SMILES string of the molecule is CCC(CO)OC(COC(=O)NCCC(=O)N[C@H](C(=O)OCCCNCC(=O)[C@H](Cc1ccccc1)NC(=O)[C@H](C)[C@@H](OC)[C@@H]1CCCN1C(=O)C[C@@H](OC)[C@H]([C@@H](C)CC)N(C)C(=O)[C@@H](NC(=O)[C@H](C(C)C)N(C)C)C(C)C)C(C)C)OC. The van der Waals surface area contributed by atoms with Crippen LogP contribution in [0.3, 0.4) is 0 Å². The Balaban J connectivity index is 2.08. The molecule has 474 valence electrons. The van der Waals surface area contributed by atoms with Gasteiger partial charge in [0.05, 0.1) is 74.6 Å². The van der Waals surface area contributed by atoms with E-state index in [1.54, 1.807) is 37.6 Å². The van der Waals surface area contributed by atoms with E-state index in [-0.39, 0.29) is 106 Å². The van der Waals surface area contributed by atoms with E-state index in [4.69, 9.17) is 28.4 Å². The summed E-state index contributed by atoms with van der Waals surface area (Å²) in [5.74, 6) is -3.96. The number of carbonyl (C=O) groups is 8. The molecule has 0 aromatic heterocycles. The maximum absolute atomic E-state index is 14.5. The summed E-state index contributed by atoms with van der Waals surface area (Å²) in [7, 11) is 9.81. The molecule has 6 N–H and O–H groups in total. The van der Waals surface area contributed by atoms with Crippen molar-refractivity contribution in [1.29, 1.82) is 0 Å². The molecule has 23 heteroatoms. The highest BCUT2D eigenvalue weighted by Crippen LogP contribution is 2.30. The normalized spacial score (nSPS) is 17.6. The third kappa shape index (κ3) is 24.3. The summed E-state index contributed by atoms with van der Waals surface area (Å²) in [6, 6.07) is 5.19. The molecule has 6 amide bonds. The number of amides is 6. The largest absolute Gasteiger partial charge is 0.464 e. The van der Waals surface area contributed by atoms with E-state index >= 15 is 0 Å². The second-order valence-corrected chi connectivity index (χ2v) is 23.0. The molecule has 1 fully saturated rings. The van der Waals surface area contributed by atoms with E-state index < -0.39 is 90.6 Å². The van der Waals surface area contributed by atoms with E-state index in [1.165, 1.54) is 21.3 Å². The zero-order chi connectivity index (χ0) is 62.5. The number of nitrogens with one attached hydrogen (secondary N) is 5. The van der Waals surface area contributed by atoms with Crippen LogP contribution in [-0.2, 0) is 68.4 Å². The molecule has 1 saturated heterocycles. The Kier molecular flexibility index (Phi) is 34.3. The van der Waals surface area contributed by atoms with Crippen molar-refractivity contribution in [1.82, 2.24) is 41.3 Å². The third-order valence-electron chi connectivity index (χ3n) is 15.4. The smallest absolute Gasteiger partial charge is 0.407 e. The first-order chi connectivity index (χ1) is 39.3. The summed E-state index contributed by atoms with van der Waals surface area (Å²) < 4.78 is 33.4. The van der Waals surface area contributed by atoms with Crippen LogP contribution in [-0.4, -0.2) is 217 Å². The second-order valence-electron chi connectivity index (χ2n) is 23.0. The van der Waals surface area contributed by atoms with Crippen molar-refractivity contribution < 1.29 is 71.9 Å². The minimum atomic E-state index is -0.958. The number of ether oxygens (including phenoxy) is 6. The maximum Gasteiger partial charge on any atom is 0.407 e. The lowest BCUT2D eigenvalue weighted by Gasteiger charge is -2.41. The van der Waals surface area contributed by atoms with Crippen molar-refractivity contribution in [2.45, 2.75) is 181 Å². The van der Waals surface area contributed by atoms with Gasteiger partial charge in [-0.15, -0.1) is 0 Å². The predicted octanol–water partition coefficient (Wildman–Crippen LogP) is 3.47. The number of nitrogens with zero attached hydrogens (tertiary/aromatic N) is 3. The van der Waals surface area contributed by atoms with Crippen LogP contribution in [0.4, 0.5) is 4.79 Å². The molecule has 0 radical (unpaired) electrons. The van der Waals surface area contributed by atoms with Crippen LogP contribution in [0.5, 0.6) is 0 Å². The summed E-state index contributed by atoms with van der Waals surface area (Å²) >= 11 is 0. The number of hydrogen-bond donors (Lipinski definition) is 6. The zero-order valence-corrected chi connectivity index (χ0v) is 52.7. The Morgan fingerprint density at radius 1 is 0.771 bits per heavy atom. The van der Waals surface area contributed by atoms with Crippen molar-refractivity contribution >= 4 is 47.4 Å². The quantitative estimate of drug-likeness (QED) is 0.0312. The number of likely N-dealkylation sites (N-methyl/N-ethyl adjacent to an activating group) is 2. The summed E-state index contributed by atoms with van der Waals surface area (Å²) in [6.07, 6.45) is -0.774. The zero-order valence-electron chi connectivity index (χ0n) is 52.7. The van der Waals surface area contributed by atoms with Crippen molar-refractivity contribution in [3.63, 3.8) is 0 Å². The third-order valence-corrected chi connectivity index (χ3v) is 15.4. The van der Waals surface area contributed by atoms with Gasteiger partial charge in [-0.25, -0.2) is 9.59 Å². The number of aliphatic hydroxyl groups excluding tert-OH is 1. The van der Waals surface area contributed by atoms with Crippen LogP contribution in [0, 0.1) is 29.6 Å². The molecule has 1 aliphatic rings. The van der Waals surface area contributed by atoms with E-state index in [0.29, 0.717) is 38.6 Å². The molecule has 0 saturated carbocycles. The lowest BCUT2D eigenvalue weighted by Crippen LogP contribution is -2.59. The average Bonchev–Trinajstić information content (AvgIpc) is 4.22. The Morgan fingerprint density at radius 2 is 1.43 bits per heavy atom. The fourth-order valence-electron chi connectivity index (χ4n) is 10.5. The molecule has 1 aromatic carbocycles. The van der Waals surface area contributed by atoms with E-state index in [1.807, 2.05) is 97.8 Å². The van der Waals surface area contributed by atoms with Crippen LogP contribution in [0.15, 0.2) is 30.3 Å². The minimum Gasteiger partial charge on any atom is -0.464 e. The van der Waals surface area contributed by atoms with Gasteiger partial charge in [-0.2, -0.15) is 0 Å². The number of alkyl carbamates (subject to hydrolysis) is 1. The Bertz CT molecular complexity index is 2120. The summed E-state index contributed by atoms with van der Waals surface area (Å²) in [5.41, 5.74) is 0.832. The highest BCUT2D eigenvalue weighted by atomic mass is 16.7. The molecule has 2 rings (SSSR count). The standard InChI is InChI=1S/C60H104N8O15/c1-17-40(9)54(67(13)58(75)51(37(3)4)65-57(74)53(39(7)8)66(11)12)47(78-14)33-49(72)68-30-22-26-45(68)55(80-16)41(10)56(73)63-44(32-42-24-20-19-21-25-42)46(70)34-61-28-23-31-81-59(76)52(38(5)6)64-48(71)27-29-62-60(77)82-36-50(79-15)83-43(18-2)35-69/h19-21,24-25,37-41,43-45,47,50-55,61,69H,17-18,22-23,26-36H2,1-16H3,(H,62,77)(H,63,73)(H,64,71)(H,65,74)/t40-,41+,43?,44-,45-,47+,50?,51-,52-,53-,54-,55+/m0/s1. The maximum atomic E-state index is 14.5. The number of Topliss-reactive ketones (excluding diaryl/α,β-unsaturated/α-hetero) is 1. The first-order valence-corrected chi connectivity index (χ1v) is 29.6. The van der Waals surface area contributed by atoms with Crippen molar-refractivity contribution in [2.24, 2.45) is 29.6 Å². The van der Waals surface area contributed by atoms with Gasteiger partial charge in [0.15, 0.2) is 12.1 Å². The molecule has 1 aliphatic heterocycles. The molecular formula is C60H104N8O15. The molecule has 23 nitrogen and oxygen atoms in total. The van der Waals surface area contributed by atoms with E-state index in [9.17, 15) is 43.5 Å². The first-order valence-electron chi connectivity index (χ1n) is 29.6. The number of methoxy groups -OCH3 is 3. The minimum absolute atomic E-state index is 0.00561. The summed E-state index contributed by atoms with van der Waals surface area (Å²) in [5, 5.41) is 23.6. The van der Waals surface area contributed by atoms with Crippen LogP contribution in [0.2, 0.25) is 0 Å². The number of aliphatic hydroxyl groups is 1. The van der Waals surface area contributed by atoms with Gasteiger partial charge in [0.2, 0.25) is 29.5 Å². The van der Waals surface area contributed by atoms with Gasteiger partial charge in [-0.05, 0) is 82.0 Å². The molecule has 12 atom stereocenters. The number of hydrogen-bond acceptors (Lipinski definition) is 17. The van der Waals surface area contributed by atoms with Crippen molar-refractivity contribution in [3.05, 3.63) is 35.9 Å². The van der Waals surface area contributed by atoms with Gasteiger partial charge >= 0.3 is 12.1 Å². The van der Waals surface area contributed by atoms with Crippen LogP contribution in [0.1, 0.15) is 120 Å². The Labute approximate surface area is 494 Å². The summed E-state index contributed by atoms with van der Waals surface area (Å²) in [4.78, 5) is 114. The number of benzene rings is 1. The number of rotatable bonds is 40. The van der Waals surface area contributed by atoms with Gasteiger partial charge in [-0.3, -0.25) is 33.7 Å². The topological polar surface area (TPSA) is 282 Å². The summed E-state index contributed by atoms with van der Waals surface area (Å²) in [6.45, 7) is 18.9. The van der Waals surface area contributed by atoms with Gasteiger partial charge in [-0.1, -0.05) is 106 Å².